The Labute approximate surface area is 154 Å². The second-order valence-corrected chi connectivity index (χ2v) is 7.58. The first-order chi connectivity index (χ1) is 12.3. The normalized spacial score (nSPS) is 16.2. The second kappa shape index (κ2) is 7.32. The van der Waals surface area contributed by atoms with Gasteiger partial charge >= 0.3 is 0 Å². The quantitative estimate of drug-likeness (QED) is 0.716. The van der Waals surface area contributed by atoms with Gasteiger partial charge in [-0.25, -0.2) is 4.98 Å². The molecule has 0 spiro atoms. The van der Waals surface area contributed by atoms with Crippen LogP contribution in [0, 0.1) is 5.92 Å². The summed E-state index contributed by atoms with van der Waals surface area (Å²) in [5, 5.41) is 0. The molecule has 0 radical (unpaired) electrons. The Morgan fingerprint density at radius 2 is 2.15 bits per heavy atom. The maximum atomic E-state index is 11.1. The summed E-state index contributed by atoms with van der Waals surface area (Å²) in [4.78, 5) is 15.5. The van der Waals surface area contributed by atoms with Gasteiger partial charge in [0, 0.05) is 31.2 Å². The van der Waals surface area contributed by atoms with Crippen molar-refractivity contribution in [3.05, 3.63) is 53.7 Å². The van der Waals surface area contributed by atoms with Gasteiger partial charge < -0.3 is 14.3 Å². The van der Waals surface area contributed by atoms with E-state index in [9.17, 15) is 4.79 Å². The minimum Gasteiger partial charge on any atom is -0.487 e. The summed E-state index contributed by atoms with van der Waals surface area (Å²) >= 11 is 0. The van der Waals surface area contributed by atoms with Crippen LogP contribution >= 0.6 is 0 Å². The molecule has 0 bridgehead atoms. The maximum absolute atomic E-state index is 11.1. The van der Waals surface area contributed by atoms with Gasteiger partial charge in [0.1, 0.15) is 22.9 Å². The zero-order valence-electron chi connectivity index (χ0n) is 15.8. The smallest absolute Gasteiger partial charge is 0.219 e. The van der Waals surface area contributed by atoms with Gasteiger partial charge in [0.2, 0.25) is 5.88 Å². The SMILES string of the molecule is CC(=O)C[C@@H](C)/C=C/c1ccc(Oc2ccc3c(c2)OC(C)(C)C3)nc1. The molecule has 0 fully saturated rings. The van der Waals surface area contributed by atoms with Crippen LogP contribution in [0.2, 0.25) is 0 Å². The molecule has 0 saturated carbocycles. The number of aromatic nitrogens is 1. The van der Waals surface area contributed by atoms with E-state index in [2.05, 4.69) is 18.8 Å². The van der Waals surface area contributed by atoms with Crippen molar-refractivity contribution in [1.82, 2.24) is 4.98 Å². The number of ketones is 1. The molecular formula is C22H25NO3. The van der Waals surface area contributed by atoms with Gasteiger partial charge in [-0.15, -0.1) is 0 Å². The van der Waals surface area contributed by atoms with Gasteiger partial charge in [0.25, 0.3) is 0 Å². The maximum Gasteiger partial charge on any atom is 0.219 e. The molecule has 2 heterocycles. The number of fused-ring (bicyclic) bond motifs is 1. The number of allylic oxidation sites excluding steroid dienone is 1. The Morgan fingerprint density at radius 3 is 2.85 bits per heavy atom. The molecule has 1 aliphatic heterocycles. The molecular weight excluding hydrogens is 326 g/mol. The first-order valence-electron chi connectivity index (χ1n) is 8.94. The first-order valence-corrected chi connectivity index (χ1v) is 8.94. The van der Waals surface area contributed by atoms with Crippen molar-refractivity contribution >= 4 is 11.9 Å². The molecule has 1 atom stereocenters. The number of nitrogens with zero attached hydrogens (tertiary/aromatic N) is 1. The average molecular weight is 351 g/mol. The Hall–Kier alpha value is -2.62. The van der Waals surface area contributed by atoms with Crippen molar-refractivity contribution in [2.24, 2.45) is 5.92 Å². The highest BCUT2D eigenvalue weighted by molar-refractivity contribution is 5.76. The summed E-state index contributed by atoms with van der Waals surface area (Å²) in [5.41, 5.74) is 2.02. The Morgan fingerprint density at radius 1 is 1.35 bits per heavy atom. The van der Waals surface area contributed by atoms with Crippen LogP contribution in [0.4, 0.5) is 0 Å². The third-order valence-electron chi connectivity index (χ3n) is 4.25. The lowest BCUT2D eigenvalue weighted by atomic mass is 10.0. The van der Waals surface area contributed by atoms with E-state index in [-0.39, 0.29) is 17.3 Å². The van der Waals surface area contributed by atoms with Crippen molar-refractivity contribution < 1.29 is 14.3 Å². The third kappa shape index (κ3) is 4.72. The summed E-state index contributed by atoms with van der Waals surface area (Å²) in [6, 6.07) is 9.71. The van der Waals surface area contributed by atoms with Crippen LogP contribution in [-0.2, 0) is 11.2 Å². The molecule has 1 aromatic carbocycles. The molecule has 4 heteroatoms. The van der Waals surface area contributed by atoms with Gasteiger partial charge in [0.15, 0.2) is 0 Å². The number of benzene rings is 1. The lowest BCUT2D eigenvalue weighted by Crippen LogP contribution is -2.24. The Balaban J connectivity index is 1.63. The van der Waals surface area contributed by atoms with E-state index in [0.717, 1.165) is 17.7 Å². The summed E-state index contributed by atoms with van der Waals surface area (Å²) in [6.45, 7) is 7.81. The highest BCUT2D eigenvalue weighted by Gasteiger charge is 2.30. The van der Waals surface area contributed by atoms with Crippen LogP contribution in [0.15, 0.2) is 42.6 Å². The van der Waals surface area contributed by atoms with E-state index in [4.69, 9.17) is 9.47 Å². The van der Waals surface area contributed by atoms with Crippen LogP contribution in [0.25, 0.3) is 6.08 Å². The van der Waals surface area contributed by atoms with Crippen LogP contribution in [0.5, 0.6) is 17.4 Å². The summed E-state index contributed by atoms with van der Waals surface area (Å²) in [7, 11) is 0. The Kier molecular flexibility index (Phi) is 5.12. The highest BCUT2D eigenvalue weighted by Crippen LogP contribution is 2.37. The summed E-state index contributed by atoms with van der Waals surface area (Å²) in [5.74, 6) is 2.56. The zero-order chi connectivity index (χ0) is 18.7. The Bertz CT molecular complexity index is 822. The molecule has 0 saturated heterocycles. The molecule has 136 valence electrons. The molecule has 3 rings (SSSR count). The minimum absolute atomic E-state index is 0.160. The lowest BCUT2D eigenvalue weighted by molar-refractivity contribution is -0.117. The van der Waals surface area contributed by atoms with E-state index in [1.807, 2.05) is 49.4 Å². The number of ether oxygens (including phenoxy) is 2. The molecule has 26 heavy (non-hydrogen) atoms. The molecule has 1 aromatic heterocycles. The van der Waals surface area contributed by atoms with E-state index in [1.54, 1.807) is 13.1 Å². The van der Waals surface area contributed by atoms with Crippen molar-refractivity contribution in [3.63, 3.8) is 0 Å². The van der Waals surface area contributed by atoms with Gasteiger partial charge in [0.05, 0.1) is 0 Å². The molecule has 0 unspecified atom stereocenters. The van der Waals surface area contributed by atoms with Crippen molar-refractivity contribution in [3.8, 4) is 17.4 Å². The average Bonchev–Trinajstić information content (AvgIpc) is 2.87. The lowest BCUT2D eigenvalue weighted by Gasteiger charge is -2.16. The van der Waals surface area contributed by atoms with Crippen LogP contribution < -0.4 is 9.47 Å². The molecule has 4 nitrogen and oxygen atoms in total. The third-order valence-corrected chi connectivity index (χ3v) is 4.25. The number of pyridine rings is 1. The van der Waals surface area contributed by atoms with Crippen molar-refractivity contribution in [2.45, 2.75) is 46.1 Å². The number of carbonyl (C=O) groups is 1. The van der Waals surface area contributed by atoms with Gasteiger partial charge in [-0.05, 0) is 49.9 Å². The molecule has 2 aromatic rings. The number of hydrogen-bond donors (Lipinski definition) is 0. The molecule has 1 aliphatic rings. The van der Waals surface area contributed by atoms with Crippen LogP contribution in [-0.4, -0.2) is 16.4 Å². The number of carbonyl (C=O) groups excluding carboxylic acids is 1. The zero-order valence-corrected chi connectivity index (χ0v) is 15.8. The highest BCUT2D eigenvalue weighted by atomic mass is 16.5. The summed E-state index contributed by atoms with van der Waals surface area (Å²) in [6.07, 6.45) is 7.24. The van der Waals surface area contributed by atoms with Crippen LogP contribution in [0.1, 0.15) is 45.2 Å². The van der Waals surface area contributed by atoms with E-state index in [0.29, 0.717) is 18.1 Å². The van der Waals surface area contributed by atoms with E-state index in [1.165, 1.54) is 5.56 Å². The fraction of sp³-hybridized carbons (Fsp3) is 0.364. The monoisotopic (exact) mass is 351 g/mol. The fourth-order valence-corrected chi connectivity index (χ4v) is 3.10. The molecule has 0 N–H and O–H groups in total. The topological polar surface area (TPSA) is 48.4 Å². The van der Waals surface area contributed by atoms with E-state index < -0.39 is 0 Å². The predicted octanol–water partition coefficient (Wildman–Crippen LogP) is 5.22. The number of rotatable bonds is 6. The van der Waals surface area contributed by atoms with Crippen LogP contribution in [0.3, 0.4) is 0 Å². The van der Waals surface area contributed by atoms with Crippen molar-refractivity contribution in [2.75, 3.05) is 0 Å². The predicted molar refractivity (Wildman–Crippen MR) is 103 cm³/mol. The van der Waals surface area contributed by atoms with Gasteiger partial charge in [-0.2, -0.15) is 0 Å². The molecule has 0 amide bonds. The number of Topliss-reactive ketones (excluding diaryl/α,β-unsaturated/α-hetero) is 1. The number of hydrogen-bond acceptors (Lipinski definition) is 4. The molecule has 0 aliphatic carbocycles. The fourth-order valence-electron chi connectivity index (χ4n) is 3.10. The second-order valence-electron chi connectivity index (χ2n) is 7.58. The van der Waals surface area contributed by atoms with E-state index >= 15 is 0 Å². The summed E-state index contributed by atoms with van der Waals surface area (Å²) < 4.78 is 11.8. The van der Waals surface area contributed by atoms with Crippen molar-refractivity contribution in [1.29, 1.82) is 0 Å². The standard InChI is InChI=1S/C22H25NO3/c1-15(11-16(2)24)5-6-17-7-10-21(23-14-17)25-19-9-8-18-13-22(3,4)26-20(18)12-19/h5-10,12,14-15H,11,13H2,1-4H3/b6-5+/t15-/m0/s1. The first kappa shape index (κ1) is 18.2. The largest absolute Gasteiger partial charge is 0.487 e. The van der Waals surface area contributed by atoms with Gasteiger partial charge in [-0.1, -0.05) is 25.1 Å². The van der Waals surface area contributed by atoms with Gasteiger partial charge in [-0.3, -0.25) is 0 Å². The minimum atomic E-state index is -0.160.